The largest absolute Gasteiger partial charge is 0.334 e. The number of amides is 2. The summed E-state index contributed by atoms with van der Waals surface area (Å²) < 4.78 is 0. The van der Waals surface area contributed by atoms with Gasteiger partial charge in [0.15, 0.2) is 0 Å². The van der Waals surface area contributed by atoms with E-state index in [4.69, 9.17) is 5.73 Å². The van der Waals surface area contributed by atoms with Gasteiger partial charge in [0, 0.05) is 19.3 Å². The van der Waals surface area contributed by atoms with E-state index in [0.29, 0.717) is 13.1 Å². The van der Waals surface area contributed by atoms with Gasteiger partial charge in [-0.2, -0.15) is 0 Å². The Labute approximate surface area is 95.5 Å². The molecule has 0 aliphatic carbocycles. The maximum atomic E-state index is 11.2. The number of hydrogen-bond donors (Lipinski definition) is 3. The summed E-state index contributed by atoms with van der Waals surface area (Å²) in [5.41, 5.74) is 7.64. The molecule has 0 saturated heterocycles. The van der Waals surface area contributed by atoms with Crippen molar-refractivity contribution in [2.75, 3.05) is 0 Å². The van der Waals surface area contributed by atoms with Crippen LogP contribution in [0.5, 0.6) is 0 Å². The van der Waals surface area contributed by atoms with Gasteiger partial charge in [0.05, 0.1) is 0 Å². The van der Waals surface area contributed by atoms with E-state index in [1.807, 2.05) is 31.2 Å². The average Bonchev–Trinajstić information content (AvgIpc) is 2.34. The molecule has 0 aliphatic heterocycles. The normalized spacial score (nSPS) is 10.4. The molecule has 16 heavy (non-hydrogen) atoms. The van der Waals surface area contributed by atoms with Crippen LogP contribution in [-0.4, -0.2) is 6.03 Å². The second kappa shape index (κ2) is 6.63. The van der Waals surface area contributed by atoms with Gasteiger partial charge in [-0.1, -0.05) is 30.3 Å². The third-order valence-corrected chi connectivity index (χ3v) is 2.06. The minimum Gasteiger partial charge on any atom is -0.334 e. The van der Waals surface area contributed by atoms with Gasteiger partial charge in [0.2, 0.25) is 0 Å². The summed E-state index contributed by atoms with van der Waals surface area (Å²) in [5, 5.41) is 5.32. The van der Waals surface area contributed by atoms with E-state index in [9.17, 15) is 4.79 Å². The number of allylic oxidation sites excluding steroid dienone is 1. The van der Waals surface area contributed by atoms with Crippen molar-refractivity contribution in [3.8, 4) is 0 Å². The number of benzene rings is 1. The Morgan fingerprint density at radius 1 is 1.44 bits per heavy atom. The molecule has 1 aromatic rings. The maximum absolute atomic E-state index is 11.2. The minimum absolute atomic E-state index is 0.212. The molecule has 0 unspecified atom stereocenters. The molecule has 0 atom stereocenters. The van der Waals surface area contributed by atoms with E-state index < -0.39 is 0 Å². The van der Waals surface area contributed by atoms with Crippen LogP contribution in [0.4, 0.5) is 4.79 Å². The molecule has 0 bridgehead atoms. The lowest BCUT2D eigenvalue weighted by molar-refractivity contribution is 0.243. The van der Waals surface area contributed by atoms with Gasteiger partial charge in [-0.25, -0.2) is 4.79 Å². The zero-order valence-electron chi connectivity index (χ0n) is 9.36. The molecule has 0 aliphatic rings. The number of carbonyl (C=O) groups excluding carboxylic acids is 1. The SMILES string of the molecule is C/C=C/NC(=O)NCc1cccc(CN)c1. The fourth-order valence-corrected chi connectivity index (χ4v) is 1.26. The Morgan fingerprint density at radius 3 is 2.88 bits per heavy atom. The molecule has 4 heteroatoms. The molecule has 2 amide bonds. The first-order valence-corrected chi connectivity index (χ1v) is 5.19. The van der Waals surface area contributed by atoms with Gasteiger partial charge < -0.3 is 16.4 Å². The van der Waals surface area contributed by atoms with Crippen LogP contribution < -0.4 is 16.4 Å². The van der Waals surface area contributed by atoms with Crippen molar-refractivity contribution in [1.82, 2.24) is 10.6 Å². The molecule has 86 valence electrons. The van der Waals surface area contributed by atoms with E-state index >= 15 is 0 Å². The Bertz CT molecular complexity index is 374. The van der Waals surface area contributed by atoms with E-state index in [1.54, 1.807) is 12.3 Å². The van der Waals surface area contributed by atoms with Crippen molar-refractivity contribution in [2.24, 2.45) is 5.73 Å². The van der Waals surface area contributed by atoms with Gasteiger partial charge in [-0.05, 0) is 18.1 Å². The highest BCUT2D eigenvalue weighted by atomic mass is 16.2. The van der Waals surface area contributed by atoms with Crippen molar-refractivity contribution in [3.05, 3.63) is 47.7 Å². The molecule has 0 aromatic heterocycles. The summed E-state index contributed by atoms with van der Waals surface area (Å²) in [6, 6.07) is 7.62. The second-order valence-corrected chi connectivity index (χ2v) is 3.35. The van der Waals surface area contributed by atoms with Gasteiger partial charge in [0.25, 0.3) is 0 Å². The monoisotopic (exact) mass is 219 g/mol. The predicted octanol–water partition coefficient (Wildman–Crippen LogP) is 1.48. The third kappa shape index (κ3) is 4.14. The van der Waals surface area contributed by atoms with Crippen LogP contribution in [0.3, 0.4) is 0 Å². The summed E-state index contributed by atoms with van der Waals surface area (Å²) in [7, 11) is 0. The molecule has 1 rings (SSSR count). The van der Waals surface area contributed by atoms with Crippen LogP contribution in [0.15, 0.2) is 36.5 Å². The van der Waals surface area contributed by atoms with Gasteiger partial charge >= 0.3 is 6.03 Å². The lowest BCUT2D eigenvalue weighted by atomic mass is 10.1. The van der Waals surface area contributed by atoms with Gasteiger partial charge in [0.1, 0.15) is 0 Å². The first kappa shape index (κ1) is 12.3. The van der Waals surface area contributed by atoms with E-state index in [1.165, 1.54) is 0 Å². The first-order valence-electron chi connectivity index (χ1n) is 5.19. The highest BCUT2D eigenvalue weighted by molar-refractivity contribution is 5.74. The van der Waals surface area contributed by atoms with E-state index in [-0.39, 0.29) is 6.03 Å². The topological polar surface area (TPSA) is 67.2 Å². The first-order chi connectivity index (χ1) is 7.76. The molecule has 4 N–H and O–H groups in total. The molecule has 0 spiro atoms. The van der Waals surface area contributed by atoms with Crippen LogP contribution in [-0.2, 0) is 13.1 Å². The molecular weight excluding hydrogens is 202 g/mol. The van der Waals surface area contributed by atoms with Gasteiger partial charge in [-0.15, -0.1) is 0 Å². The smallest absolute Gasteiger partial charge is 0.319 e. The quantitative estimate of drug-likeness (QED) is 0.718. The maximum Gasteiger partial charge on any atom is 0.319 e. The molecule has 0 radical (unpaired) electrons. The molecular formula is C12H17N3O. The van der Waals surface area contributed by atoms with Crippen LogP contribution in [0.2, 0.25) is 0 Å². The Kier molecular flexibility index (Phi) is 5.08. The highest BCUT2D eigenvalue weighted by Gasteiger charge is 1.98. The number of urea groups is 1. The van der Waals surface area contributed by atoms with Crippen molar-refractivity contribution >= 4 is 6.03 Å². The average molecular weight is 219 g/mol. The van der Waals surface area contributed by atoms with Crippen molar-refractivity contribution in [1.29, 1.82) is 0 Å². The molecule has 4 nitrogen and oxygen atoms in total. The summed E-state index contributed by atoms with van der Waals surface area (Å²) in [5.74, 6) is 0. The molecule has 0 fully saturated rings. The molecule has 0 saturated carbocycles. The summed E-state index contributed by atoms with van der Waals surface area (Å²) in [6.45, 7) is 2.85. The van der Waals surface area contributed by atoms with Gasteiger partial charge in [-0.3, -0.25) is 0 Å². The predicted molar refractivity (Wildman–Crippen MR) is 64.5 cm³/mol. The lowest BCUT2D eigenvalue weighted by Gasteiger charge is -2.06. The Morgan fingerprint density at radius 2 is 2.19 bits per heavy atom. The Hall–Kier alpha value is -1.81. The van der Waals surface area contributed by atoms with Crippen LogP contribution >= 0.6 is 0 Å². The number of hydrogen-bond acceptors (Lipinski definition) is 2. The van der Waals surface area contributed by atoms with Crippen molar-refractivity contribution < 1.29 is 4.79 Å². The standard InChI is InChI=1S/C12H17N3O/c1-2-6-14-12(16)15-9-11-5-3-4-10(7-11)8-13/h2-7H,8-9,13H2,1H3,(H2,14,15,16)/b6-2+. The fraction of sp³-hybridized carbons (Fsp3) is 0.250. The van der Waals surface area contributed by atoms with E-state index in [2.05, 4.69) is 10.6 Å². The Balaban J connectivity index is 2.44. The van der Waals surface area contributed by atoms with Crippen LogP contribution in [0.1, 0.15) is 18.1 Å². The number of rotatable bonds is 4. The third-order valence-electron chi connectivity index (χ3n) is 2.06. The zero-order valence-corrected chi connectivity index (χ0v) is 9.36. The zero-order chi connectivity index (χ0) is 11.8. The summed E-state index contributed by atoms with van der Waals surface area (Å²) >= 11 is 0. The van der Waals surface area contributed by atoms with E-state index in [0.717, 1.165) is 11.1 Å². The lowest BCUT2D eigenvalue weighted by Crippen LogP contribution is -2.31. The fourth-order valence-electron chi connectivity index (χ4n) is 1.26. The van der Waals surface area contributed by atoms with Crippen LogP contribution in [0.25, 0.3) is 0 Å². The summed E-state index contributed by atoms with van der Waals surface area (Å²) in [6.07, 6.45) is 3.35. The minimum atomic E-state index is -0.212. The number of nitrogens with two attached hydrogens (primary N) is 1. The van der Waals surface area contributed by atoms with Crippen LogP contribution in [0, 0.1) is 0 Å². The summed E-state index contributed by atoms with van der Waals surface area (Å²) in [4.78, 5) is 11.2. The van der Waals surface area contributed by atoms with Crippen molar-refractivity contribution in [3.63, 3.8) is 0 Å². The number of carbonyl (C=O) groups is 1. The van der Waals surface area contributed by atoms with Crippen molar-refractivity contribution in [2.45, 2.75) is 20.0 Å². The molecule has 1 aromatic carbocycles. The molecule has 0 heterocycles. The second-order valence-electron chi connectivity index (χ2n) is 3.35. The highest BCUT2D eigenvalue weighted by Crippen LogP contribution is 2.03. The number of nitrogens with one attached hydrogen (secondary N) is 2.